The van der Waals surface area contributed by atoms with Crippen molar-refractivity contribution in [1.82, 2.24) is 4.57 Å². The summed E-state index contributed by atoms with van der Waals surface area (Å²) in [4.78, 5) is 12.0. The highest BCUT2D eigenvalue weighted by molar-refractivity contribution is 7.15. The van der Waals surface area contributed by atoms with Crippen molar-refractivity contribution in [2.24, 2.45) is 0 Å². The van der Waals surface area contributed by atoms with Crippen molar-refractivity contribution in [1.29, 1.82) is 0 Å². The predicted molar refractivity (Wildman–Crippen MR) is 81.2 cm³/mol. The van der Waals surface area contributed by atoms with E-state index in [1.807, 2.05) is 48.8 Å². The molecule has 0 atom stereocenters. The molecule has 0 N–H and O–H groups in total. The molecule has 3 aromatic rings. The number of thiophene rings is 1. The average Bonchev–Trinajstić information content (AvgIpc) is 3.01. The van der Waals surface area contributed by atoms with Gasteiger partial charge < -0.3 is 0 Å². The van der Waals surface area contributed by atoms with Crippen LogP contribution in [0.3, 0.4) is 0 Å². The second-order valence-electron chi connectivity index (χ2n) is 4.29. The van der Waals surface area contributed by atoms with Crippen LogP contribution in [0.25, 0.3) is 22.0 Å². The van der Waals surface area contributed by atoms with Crippen molar-refractivity contribution in [3.63, 3.8) is 0 Å². The quantitative estimate of drug-likeness (QED) is 0.645. The van der Waals surface area contributed by atoms with E-state index in [1.165, 1.54) is 11.3 Å². The van der Waals surface area contributed by atoms with Crippen LogP contribution in [0.1, 0.15) is 18.1 Å². The molecule has 0 aliphatic rings. The van der Waals surface area contributed by atoms with Gasteiger partial charge in [-0.2, -0.15) is 0 Å². The van der Waals surface area contributed by atoms with Gasteiger partial charge in [-0.05, 0) is 17.5 Å². The van der Waals surface area contributed by atoms with Crippen LogP contribution >= 0.6 is 22.9 Å². The van der Waals surface area contributed by atoms with Gasteiger partial charge >= 0.3 is 0 Å². The molecule has 3 rings (SSSR count). The van der Waals surface area contributed by atoms with E-state index in [-0.39, 0.29) is 5.91 Å². The number of aromatic nitrogens is 1. The summed E-state index contributed by atoms with van der Waals surface area (Å²) in [6, 6.07) is 9.91. The lowest BCUT2D eigenvalue weighted by atomic mass is 10.1. The molecule has 0 spiro atoms. The molecule has 0 saturated heterocycles. The molecule has 0 amide bonds. The Morgan fingerprint density at radius 3 is 2.74 bits per heavy atom. The first-order valence-electron chi connectivity index (χ1n) is 6.09. The number of hydrogen-bond acceptors (Lipinski definition) is 2. The molecule has 2 nitrogen and oxygen atoms in total. The Balaban J connectivity index is 2.32. The average molecular weight is 290 g/mol. The lowest BCUT2D eigenvalue weighted by Gasteiger charge is -1.99. The van der Waals surface area contributed by atoms with Gasteiger partial charge in [0.25, 0.3) is 0 Å². The van der Waals surface area contributed by atoms with Crippen molar-refractivity contribution in [2.45, 2.75) is 13.3 Å². The highest BCUT2D eigenvalue weighted by Crippen LogP contribution is 2.37. The Morgan fingerprint density at radius 1 is 1.26 bits per heavy atom. The van der Waals surface area contributed by atoms with Crippen molar-refractivity contribution in [2.75, 3.05) is 0 Å². The van der Waals surface area contributed by atoms with Crippen LogP contribution in [-0.2, 0) is 0 Å². The van der Waals surface area contributed by atoms with Gasteiger partial charge in [0, 0.05) is 29.1 Å². The maximum atomic E-state index is 12.0. The summed E-state index contributed by atoms with van der Waals surface area (Å²) in [7, 11) is 0. The van der Waals surface area contributed by atoms with E-state index >= 15 is 0 Å². The first kappa shape index (κ1) is 12.5. The minimum Gasteiger partial charge on any atom is -0.287 e. The molecule has 0 aliphatic heterocycles. The fourth-order valence-electron chi connectivity index (χ4n) is 2.26. The Labute approximate surface area is 120 Å². The number of hydrogen-bond donors (Lipinski definition) is 0. The zero-order valence-corrected chi connectivity index (χ0v) is 12.0. The standard InChI is InChI=1S/C15H12ClNOS/c1-2-14(18)17-9-12(11-7-8-19-15(11)16)10-5-3-4-6-13(10)17/h3-9H,2H2,1H3. The SMILES string of the molecule is CCC(=O)n1cc(-c2ccsc2Cl)c2ccccc21. The smallest absolute Gasteiger partial charge is 0.230 e. The second-order valence-corrected chi connectivity index (χ2v) is 5.80. The molecule has 0 saturated carbocycles. The van der Waals surface area contributed by atoms with E-state index in [1.54, 1.807) is 4.57 Å². The van der Waals surface area contributed by atoms with Crippen LogP contribution in [0, 0.1) is 0 Å². The Morgan fingerprint density at radius 2 is 2.05 bits per heavy atom. The molecule has 19 heavy (non-hydrogen) atoms. The Hall–Kier alpha value is -1.58. The van der Waals surface area contributed by atoms with E-state index in [0.29, 0.717) is 6.42 Å². The summed E-state index contributed by atoms with van der Waals surface area (Å²) in [5, 5.41) is 3.02. The lowest BCUT2D eigenvalue weighted by molar-refractivity contribution is 0.0914. The minimum absolute atomic E-state index is 0.0915. The minimum atomic E-state index is 0.0915. The molecule has 0 fully saturated rings. The zero-order chi connectivity index (χ0) is 13.4. The summed E-state index contributed by atoms with van der Waals surface area (Å²) >= 11 is 7.72. The molecule has 0 bridgehead atoms. The third-order valence-electron chi connectivity index (χ3n) is 3.19. The number of rotatable bonds is 2. The van der Waals surface area contributed by atoms with E-state index in [4.69, 9.17) is 11.6 Å². The molecular formula is C15H12ClNOS. The molecule has 2 heterocycles. The van der Waals surface area contributed by atoms with Gasteiger partial charge in [-0.3, -0.25) is 9.36 Å². The number of nitrogens with zero attached hydrogens (tertiary/aromatic N) is 1. The Bertz CT molecular complexity index is 756. The number of para-hydroxylation sites is 1. The maximum Gasteiger partial charge on any atom is 0.230 e. The van der Waals surface area contributed by atoms with Gasteiger partial charge in [0.1, 0.15) is 4.34 Å². The number of fused-ring (bicyclic) bond motifs is 1. The van der Waals surface area contributed by atoms with E-state index in [0.717, 1.165) is 26.4 Å². The van der Waals surface area contributed by atoms with Crippen LogP contribution in [0.5, 0.6) is 0 Å². The fourth-order valence-corrected chi connectivity index (χ4v) is 3.21. The fraction of sp³-hybridized carbons (Fsp3) is 0.133. The van der Waals surface area contributed by atoms with Crippen molar-refractivity contribution in [3.8, 4) is 11.1 Å². The zero-order valence-electron chi connectivity index (χ0n) is 10.4. The van der Waals surface area contributed by atoms with Gasteiger partial charge in [0.15, 0.2) is 0 Å². The number of benzene rings is 1. The van der Waals surface area contributed by atoms with E-state index in [9.17, 15) is 4.79 Å². The van der Waals surface area contributed by atoms with Crippen LogP contribution in [-0.4, -0.2) is 10.5 Å². The molecule has 0 radical (unpaired) electrons. The molecule has 4 heteroatoms. The third-order valence-corrected chi connectivity index (χ3v) is 4.36. The molecule has 96 valence electrons. The summed E-state index contributed by atoms with van der Waals surface area (Å²) in [5.41, 5.74) is 2.95. The van der Waals surface area contributed by atoms with Crippen molar-refractivity contribution in [3.05, 3.63) is 46.2 Å². The van der Waals surface area contributed by atoms with Gasteiger partial charge in [0.2, 0.25) is 5.91 Å². The van der Waals surface area contributed by atoms with Gasteiger partial charge in [-0.25, -0.2) is 0 Å². The van der Waals surface area contributed by atoms with E-state index in [2.05, 4.69) is 0 Å². The topological polar surface area (TPSA) is 22.0 Å². The molecule has 2 aromatic heterocycles. The van der Waals surface area contributed by atoms with Crippen molar-refractivity contribution >= 4 is 39.7 Å². The van der Waals surface area contributed by atoms with Gasteiger partial charge in [-0.1, -0.05) is 36.7 Å². The number of carbonyl (C=O) groups excluding carboxylic acids is 1. The lowest BCUT2D eigenvalue weighted by Crippen LogP contribution is -2.06. The number of carbonyl (C=O) groups is 1. The van der Waals surface area contributed by atoms with E-state index < -0.39 is 0 Å². The first-order valence-corrected chi connectivity index (χ1v) is 7.34. The summed E-state index contributed by atoms with van der Waals surface area (Å²) < 4.78 is 2.48. The molecule has 0 aliphatic carbocycles. The highest BCUT2D eigenvalue weighted by Gasteiger charge is 2.15. The van der Waals surface area contributed by atoms with Crippen LogP contribution in [0.4, 0.5) is 0 Å². The second kappa shape index (κ2) is 4.83. The third kappa shape index (κ3) is 1.99. The van der Waals surface area contributed by atoms with Crippen LogP contribution in [0.15, 0.2) is 41.9 Å². The van der Waals surface area contributed by atoms with Crippen molar-refractivity contribution < 1.29 is 4.79 Å². The molecular weight excluding hydrogens is 278 g/mol. The largest absolute Gasteiger partial charge is 0.287 e. The van der Waals surface area contributed by atoms with Crippen LogP contribution in [0.2, 0.25) is 4.34 Å². The summed E-state index contributed by atoms with van der Waals surface area (Å²) in [6.45, 7) is 1.87. The summed E-state index contributed by atoms with van der Waals surface area (Å²) in [6.07, 6.45) is 2.37. The highest BCUT2D eigenvalue weighted by atomic mass is 35.5. The number of halogens is 1. The van der Waals surface area contributed by atoms with Crippen LogP contribution < -0.4 is 0 Å². The predicted octanol–water partition coefficient (Wildman–Crippen LogP) is 5.07. The summed E-state index contributed by atoms with van der Waals surface area (Å²) in [5.74, 6) is 0.0915. The molecule has 1 aromatic carbocycles. The Kier molecular flexibility index (Phi) is 3.17. The maximum absolute atomic E-state index is 12.0. The first-order chi connectivity index (χ1) is 9.22. The molecule has 0 unspecified atom stereocenters. The monoisotopic (exact) mass is 289 g/mol. The van der Waals surface area contributed by atoms with Gasteiger partial charge in [-0.15, -0.1) is 11.3 Å². The normalized spacial score (nSPS) is 11.1. The van der Waals surface area contributed by atoms with Gasteiger partial charge in [0.05, 0.1) is 5.52 Å².